The molecule has 0 spiro atoms. The third-order valence-corrected chi connectivity index (χ3v) is 2.56. The Kier molecular flexibility index (Phi) is 6.09. The van der Waals surface area contributed by atoms with Gasteiger partial charge < -0.3 is 15.2 Å². The predicted molar refractivity (Wildman–Crippen MR) is 75.4 cm³/mol. The van der Waals surface area contributed by atoms with Gasteiger partial charge in [-0.1, -0.05) is 12.7 Å². The molecule has 4 heteroatoms. The highest BCUT2D eigenvalue weighted by atomic mass is 16.5. The van der Waals surface area contributed by atoms with Crippen molar-refractivity contribution in [2.45, 2.75) is 32.4 Å². The number of aliphatic hydroxyl groups excluding tert-OH is 1. The first-order valence-electron chi connectivity index (χ1n) is 6.35. The van der Waals surface area contributed by atoms with Crippen LogP contribution in [-0.4, -0.2) is 29.8 Å². The van der Waals surface area contributed by atoms with Gasteiger partial charge in [0.2, 0.25) is 0 Å². The van der Waals surface area contributed by atoms with Crippen LogP contribution in [0.4, 0.5) is 0 Å². The fourth-order valence-electron chi connectivity index (χ4n) is 1.74. The van der Waals surface area contributed by atoms with Crippen LogP contribution in [0.3, 0.4) is 0 Å². The van der Waals surface area contributed by atoms with Gasteiger partial charge in [-0.25, -0.2) is 0 Å². The van der Waals surface area contributed by atoms with Crippen LogP contribution in [-0.2, 0) is 0 Å². The number of benzene rings is 1. The highest BCUT2D eigenvalue weighted by Crippen LogP contribution is 2.12. The highest BCUT2D eigenvalue weighted by molar-refractivity contribution is 5.94. The summed E-state index contributed by atoms with van der Waals surface area (Å²) in [5.41, 5.74) is 0.573. The summed E-state index contributed by atoms with van der Waals surface area (Å²) >= 11 is 0. The Morgan fingerprint density at radius 1 is 1.42 bits per heavy atom. The number of ether oxygens (including phenoxy) is 1. The van der Waals surface area contributed by atoms with Gasteiger partial charge in [0.15, 0.2) is 0 Å². The van der Waals surface area contributed by atoms with E-state index in [2.05, 4.69) is 11.9 Å². The maximum absolute atomic E-state index is 11.9. The second kappa shape index (κ2) is 7.59. The topological polar surface area (TPSA) is 58.6 Å². The van der Waals surface area contributed by atoms with Crippen LogP contribution >= 0.6 is 0 Å². The zero-order chi connectivity index (χ0) is 14.3. The van der Waals surface area contributed by atoms with Gasteiger partial charge in [0.1, 0.15) is 12.4 Å². The van der Waals surface area contributed by atoms with E-state index in [-0.39, 0.29) is 11.9 Å². The molecule has 0 saturated heterocycles. The molecule has 0 aliphatic heterocycles. The first-order chi connectivity index (χ1) is 9.02. The smallest absolute Gasteiger partial charge is 0.251 e. The van der Waals surface area contributed by atoms with E-state index in [4.69, 9.17) is 4.74 Å². The molecule has 1 aromatic carbocycles. The molecule has 1 rings (SSSR count). The quantitative estimate of drug-likeness (QED) is 0.741. The largest absolute Gasteiger partial charge is 0.490 e. The molecule has 2 N–H and O–H groups in total. The monoisotopic (exact) mass is 263 g/mol. The Morgan fingerprint density at radius 3 is 2.58 bits per heavy atom. The summed E-state index contributed by atoms with van der Waals surface area (Å²) in [5, 5.41) is 12.1. The van der Waals surface area contributed by atoms with E-state index in [9.17, 15) is 9.90 Å². The van der Waals surface area contributed by atoms with Crippen LogP contribution < -0.4 is 10.1 Å². The van der Waals surface area contributed by atoms with Gasteiger partial charge in [0.25, 0.3) is 5.91 Å². The molecular formula is C15H21NO3. The van der Waals surface area contributed by atoms with E-state index in [1.807, 2.05) is 6.92 Å². The minimum absolute atomic E-state index is 0.0656. The van der Waals surface area contributed by atoms with E-state index in [0.29, 0.717) is 24.3 Å². The van der Waals surface area contributed by atoms with Gasteiger partial charge in [-0.2, -0.15) is 0 Å². The van der Waals surface area contributed by atoms with E-state index in [0.717, 1.165) is 0 Å². The third kappa shape index (κ3) is 5.57. The predicted octanol–water partition coefficient (Wildman–Crippen LogP) is 2.14. The molecule has 0 saturated carbocycles. The number of carbonyl (C=O) groups is 1. The van der Waals surface area contributed by atoms with Crippen LogP contribution in [0, 0.1) is 0 Å². The maximum atomic E-state index is 11.9. The molecule has 1 amide bonds. The van der Waals surface area contributed by atoms with Crippen LogP contribution in [0.1, 0.15) is 30.6 Å². The van der Waals surface area contributed by atoms with Gasteiger partial charge in [0, 0.05) is 11.6 Å². The second-order valence-electron chi connectivity index (χ2n) is 4.58. The van der Waals surface area contributed by atoms with Gasteiger partial charge in [-0.05, 0) is 44.5 Å². The summed E-state index contributed by atoms with van der Waals surface area (Å²) in [6, 6.07) is 6.85. The van der Waals surface area contributed by atoms with Crippen molar-refractivity contribution >= 4 is 5.91 Å². The zero-order valence-corrected chi connectivity index (χ0v) is 11.4. The summed E-state index contributed by atoms with van der Waals surface area (Å²) in [6.45, 7) is 7.58. The molecule has 0 aromatic heterocycles. The Balaban J connectivity index is 2.55. The molecule has 0 aliphatic rings. The lowest BCUT2D eigenvalue weighted by Gasteiger charge is -2.15. The van der Waals surface area contributed by atoms with Crippen LogP contribution in [0.15, 0.2) is 36.9 Å². The average Bonchev–Trinajstić information content (AvgIpc) is 2.35. The van der Waals surface area contributed by atoms with E-state index >= 15 is 0 Å². The SMILES string of the molecule is C=CCOc1ccc(C(=O)NC(C)CC(C)O)cc1. The minimum atomic E-state index is -0.426. The maximum Gasteiger partial charge on any atom is 0.251 e. The molecule has 0 aliphatic carbocycles. The Morgan fingerprint density at radius 2 is 2.05 bits per heavy atom. The lowest BCUT2D eigenvalue weighted by atomic mass is 10.1. The van der Waals surface area contributed by atoms with Gasteiger partial charge in [-0.3, -0.25) is 4.79 Å². The van der Waals surface area contributed by atoms with Crippen molar-refractivity contribution in [1.29, 1.82) is 0 Å². The van der Waals surface area contributed by atoms with Crippen LogP contribution in [0.5, 0.6) is 5.75 Å². The molecule has 0 heterocycles. The standard InChI is InChI=1S/C15H21NO3/c1-4-9-19-14-7-5-13(6-8-14)15(18)16-11(2)10-12(3)17/h4-8,11-12,17H,1,9-10H2,2-3H3,(H,16,18). The first kappa shape index (κ1) is 15.2. The number of hydrogen-bond donors (Lipinski definition) is 2. The molecule has 104 valence electrons. The molecule has 1 aromatic rings. The van der Waals surface area contributed by atoms with Crippen molar-refractivity contribution in [3.8, 4) is 5.75 Å². The average molecular weight is 263 g/mol. The van der Waals surface area contributed by atoms with Crippen molar-refractivity contribution in [2.24, 2.45) is 0 Å². The summed E-state index contributed by atoms with van der Waals surface area (Å²) in [4.78, 5) is 11.9. The van der Waals surface area contributed by atoms with E-state index < -0.39 is 6.10 Å². The Hall–Kier alpha value is -1.81. The molecule has 4 nitrogen and oxygen atoms in total. The fourth-order valence-corrected chi connectivity index (χ4v) is 1.74. The zero-order valence-electron chi connectivity index (χ0n) is 11.4. The van der Waals surface area contributed by atoms with E-state index in [1.165, 1.54) is 0 Å². The summed E-state index contributed by atoms with van der Waals surface area (Å²) in [6.07, 6.45) is 1.77. The second-order valence-corrected chi connectivity index (χ2v) is 4.58. The minimum Gasteiger partial charge on any atom is -0.490 e. The number of amides is 1. The molecule has 0 bridgehead atoms. The van der Waals surface area contributed by atoms with E-state index in [1.54, 1.807) is 37.3 Å². The number of carbonyl (C=O) groups excluding carboxylic acids is 1. The molecular weight excluding hydrogens is 242 g/mol. The number of rotatable bonds is 7. The lowest BCUT2D eigenvalue weighted by Crippen LogP contribution is -2.34. The first-order valence-corrected chi connectivity index (χ1v) is 6.35. The van der Waals surface area contributed by atoms with Crippen LogP contribution in [0.2, 0.25) is 0 Å². The Labute approximate surface area is 114 Å². The molecule has 19 heavy (non-hydrogen) atoms. The number of aliphatic hydroxyl groups is 1. The molecule has 0 radical (unpaired) electrons. The van der Waals surface area contributed by atoms with Crippen LogP contribution in [0.25, 0.3) is 0 Å². The fraction of sp³-hybridized carbons (Fsp3) is 0.400. The van der Waals surface area contributed by atoms with Crippen molar-refractivity contribution in [3.63, 3.8) is 0 Å². The van der Waals surface area contributed by atoms with Crippen molar-refractivity contribution < 1.29 is 14.6 Å². The highest BCUT2D eigenvalue weighted by Gasteiger charge is 2.11. The third-order valence-electron chi connectivity index (χ3n) is 2.56. The number of nitrogens with one attached hydrogen (secondary N) is 1. The molecule has 2 unspecified atom stereocenters. The summed E-state index contributed by atoms with van der Waals surface area (Å²) in [5.74, 6) is 0.553. The van der Waals surface area contributed by atoms with Gasteiger partial charge >= 0.3 is 0 Å². The van der Waals surface area contributed by atoms with Crippen molar-refractivity contribution in [3.05, 3.63) is 42.5 Å². The normalized spacial score (nSPS) is 13.4. The molecule has 2 atom stereocenters. The Bertz CT molecular complexity index is 412. The van der Waals surface area contributed by atoms with Crippen molar-refractivity contribution in [1.82, 2.24) is 5.32 Å². The summed E-state index contributed by atoms with van der Waals surface area (Å²) in [7, 11) is 0. The summed E-state index contributed by atoms with van der Waals surface area (Å²) < 4.78 is 5.34. The van der Waals surface area contributed by atoms with Crippen molar-refractivity contribution in [2.75, 3.05) is 6.61 Å². The van der Waals surface area contributed by atoms with Gasteiger partial charge in [-0.15, -0.1) is 0 Å². The molecule has 0 fully saturated rings. The lowest BCUT2D eigenvalue weighted by molar-refractivity contribution is 0.0923. The van der Waals surface area contributed by atoms with Gasteiger partial charge in [0.05, 0.1) is 6.10 Å². The number of hydrogen-bond acceptors (Lipinski definition) is 3.